The first-order valence-electron chi connectivity index (χ1n) is 10.2. The molecule has 0 radical (unpaired) electrons. The van der Waals surface area contributed by atoms with Crippen LogP contribution in [0.1, 0.15) is 27.7 Å². The van der Waals surface area contributed by atoms with Crippen LogP contribution in [0.2, 0.25) is 0 Å². The average Bonchev–Trinajstić information content (AvgIpc) is 3.18. The van der Waals surface area contributed by atoms with E-state index < -0.39 is 23.1 Å². The Balaban J connectivity index is 0.000000619. The van der Waals surface area contributed by atoms with E-state index in [9.17, 15) is 23.1 Å². The van der Waals surface area contributed by atoms with Crippen molar-refractivity contribution in [3.8, 4) is 16.9 Å². The maximum absolute atomic E-state index is 13.4. The summed E-state index contributed by atoms with van der Waals surface area (Å²) in [6.07, 6.45) is -4.64. The first-order chi connectivity index (χ1) is 15.8. The van der Waals surface area contributed by atoms with Crippen molar-refractivity contribution in [2.24, 2.45) is 0 Å². The molecule has 0 bridgehead atoms. The number of rotatable bonds is 5. The van der Waals surface area contributed by atoms with Gasteiger partial charge < -0.3 is 17.3 Å². The maximum Gasteiger partial charge on any atom is 2.00 e. The number of halogens is 3. The fourth-order valence-corrected chi connectivity index (χ4v) is 4.52. The minimum Gasteiger partial charge on any atom is -0.508 e. The zero-order chi connectivity index (χ0) is 24.0. The van der Waals surface area contributed by atoms with Crippen molar-refractivity contribution in [2.45, 2.75) is 13.1 Å². The number of hydrogen-bond donors (Lipinski definition) is 2. The summed E-state index contributed by atoms with van der Waals surface area (Å²) in [6.45, 7) is 7.50. The molecule has 174 valence electrons. The second kappa shape index (κ2) is 12.6. The number of alkyl halides is 3. The van der Waals surface area contributed by atoms with Crippen LogP contribution in [-0.4, -0.2) is 24.0 Å². The molecule has 4 aromatic rings. The van der Waals surface area contributed by atoms with Crippen molar-refractivity contribution in [3.05, 3.63) is 95.7 Å². The molecule has 0 fully saturated rings. The fourth-order valence-electron chi connectivity index (χ4n) is 3.31. The predicted molar refractivity (Wildman–Crippen MR) is 127 cm³/mol. The van der Waals surface area contributed by atoms with Crippen molar-refractivity contribution < 1.29 is 54.2 Å². The van der Waals surface area contributed by atoms with Gasteiger partial charge in [-0.05, 0) is 41.8 Å². The molecule has 0 aliphatic rings. The van der Waals surface area contributed by atoms with Crippen LogP contribution < -0.4 is 5.32 Å². The van der Waals surface area contributed by atoms with Gasteiger partial charge in [0.25, 0.3) is 0 Å². The van der Waals surface area contributed by atoms with E-state index >= 15 is 0 Å². The molecule has 8 heteroatoms. The van der Waals surface area contributed by atoms with Gasteiger partial charge in [0.1, 0.15) is 5.75 Å². The Bertz CT molecular complexity index is 1240. The van der Waals surface area contributed by atoms with Crippen LogP contribution in [0.15, 0.2) is 66.7 Å². The third-order valence-corrected chi connectivity index (χ3v) is 5.94. The van der Waals surface area contributed by atoms with E-state index in [-0.39, 0.29) is 41.7 Å². The Kier molecular flexibility index (Phi) is 10.4. The number of phenols is 1. The zero-order valence-corrected chi connectivity index (χ0v) is 23.3. The molecule has 0 amide bonds. The van der Waals surface area contributed by atoms with E-state index in [1.807, 2.05) is 0 Å². The molecule has 4 rings (SSSR count). The summed E-state index contributed by atoms with van der Waals surface area (Å²) in [5.41, 5.74) is -0.110. The van der Waals surface area contributed by atoms with Gasteiger partial charge in [0.2, 0.25) is 5.78 Å². The molecule has 0 saturated carbocycles. The predicted octanol–water partition coefficient (Wildman–Crippen LogP) is 6.75. The van der Waals surface area contributed by atoms with Gasteiger partial charge in [-0.2, -0.15) is 43.5 Å². The number of nitrogens with one attached hydrogen (secondary N) is 1. The summed E-state index contributed by atoms with van der Waals surface area (Å²) < 4.78 is 40.9. The molecule has 0 spiro atoms. The summed E-state index contributed by atoms with van der Waals surface area (Å²) in [5.74, 6) is -0.673. The van der Waals surface area contributed by atoms with Crippen molar-refractivity contribution in [3.63, 3.8) is 0 Å². The Hall–Kier alpha value is -2.11. The van der Waals surface area contributed by atoms with Gasteiger partial charge in [0, 0.05) is 10.3 Å². The SMILES string of the molecule is O=C(c1ccccc1C(F)(F)F)c1sc2cc(O)ccc2c1-c1cc[c-]cc1.[CH2-]CNCC.[U+2]. The van der Waals surface area contributed by atoms with Gasteiger partial charge >= 0.3 is 37.3 Å². The molecular formula is C26H22F3NO2SU. The quantitative estimate of drug-likeness (QED) is 0.178. The number of phenolic OH excluding ortho intramolecular Hbond substituents is 1. The standard InChI is InChI=1S/C22H12F3O2S.C4H10N.U/c23-22(24,25)17-9-5-4-8-15(17)20(27)21-19(13-6-2-1-3-7-13)16-11-10-14(26)12-18(16)28-21;1-3-5-4-2;/h2-12,26H;5H,1,3-4H2,2H3;/q2*-1;+2. The molecule has 0 atom stereocenters. The molecule has 3 aromatic carbocycles. The normalized spacial score (nSPS) is 10.9. The number of fused-ring (bicyclic) bond motifs is 1. The van der Waals surface area contributed by atoms with Crippen LogP contribution in [0.3, 0.4) is 0 Å². The third-order valence-electron chi connectivity index (χ3n) is 4.79. The van der Waals surface area contributed by atoms with Crippen LogP contribution in [-0.2, 0) is 6.18 Å². The molecule has 2 N–H and O–H groups in total. The topological polar surface area (TPSA) is 49.3 Å². The molecule has 1 heterocycles. The van der Waals surface area contributed by atoms with Gasteiger partial charge in [-0.25, -0.2) is 0 Å². The summed E-state index contributed by atoms with van der Waals surface area (Å²) in [6, 6.07) is 19.2. The van der Waals surface area contributed by atoms with Crippen molar-refractivity contribution >= 4 is 27.2 Å². The summed E-state index contributed by atoms with van der Waals surface area (Å²) in [7, 11) is 0. The average molecular weight is 708 g/mol. The van der Waals surface area contributed by atoms with Crippen molar-refractivity contribution in [1.82, 2.24) is 5.32 Å². The largest absolute Gasteiger partial charge is 2.00 e. The van der Waals surface area contributed by atoms with Crippen LogP contribution >= 0.6 is 11.3 Å². The zero-order valence-electron chi connectivity index (χ0n) is 18.4. The number of carbonyl (C=O) groups excluding carboxylic acids is 1. The number of thiophene rings is 1. The number of ketones is 1. The second-order valence-electron chi connectivity index (χ2n) is 7.00. The molecular weight excluding hydrogens is 685 g/mol. The molecule has 0 saturated heterocycles. The smallest absolute Gasteiger partial charge is 0.508 e. The van der Waals surface area contributed by atoms with E-state index in [1.54, 1.807) is 30.3 Å². The van der Waals surface area contributed by atoms with E-state index in [2.05, 4.69) is 25.2 Å². The molecule has 3 nitrogen and oxygen atoms in total. The van der Waals surface area contributed by atoms with Gasteiger partial charge in [0.15, 0.2) is 0 Å². The van der Waals surface area contributed by atoms with Crippen LogP contribution in [0, 0.1) is 44.1 Å². The van der Waals surface area contributed by atoms with E-state index in [0.29, 0.717) is 21.2 Å². The molecule has 0 unspecified atom stereocenters. The van der Waals surface area contributed by atoms with Gasteiger partial charge in [0.05, 0.1) is 10.4 Å². The maximum atomic E-state index is 13.4. The van der Waals surface area contributed by atoms with Crippen molar-refractivity contribution in [1.29, 1.82) is 0 Å². The monoisotopic (exact) mass is 707 g/mol. The van der Waals surface area contributed by atoms with E-state index in [0.717, 1.165) is 30.5 Å². The van der Waals surface area contributed by atoms with Gasteiger partial charge in [-0.15, -0.1) is 23.4 Å². The summed E-state index contributed by atoms with van der Waals surface area (Å²) >= 11 is 1.07. The minimum atomic E-state index is -4.64. The van der Waals surface area contributed by atoms with Crippen LogP contribution in [0.25, 0.3) is 21.2 Å². The molecule has 0 aliphatic heterocycles. The summed E-state index contributed by atoms with van der Waals surface area (Å²) in [5, 5.41) is 13.5. The van der Waals surface area contributed by atoms with Crippen molar-refractivity contribution in [2.75, 3.05) is 13.1 Å². The van der Waals surface area contributed by atoms with Crippen LogP contribution in [0.5, 0.6) is 5.75 Å². The molecule has 1 aromatic heterocycles. The van der Waals surface area contributed by atoms with Gasteiger partial charge in [-0.1, -0.05) is 25.1 Å². The second-order valence-corrected chi connectivity index (χ2v) is 8.05. The minimum absolute atomic E-state index is 0. The number of benzene rings is 3. The van der Waals surface area contributed by atoms with Gasteiger partial charge in [-0.3, -0.25) is 4.79 Å². The van der Waals surface area contributed by atoms with E-state index in [1.165, 1.54) is 30.3 Å². The first kappa shape index (κ1) is 28.1. The third kappa shape index (κ3) is 6.51. The Morgan fingerprint density at radius 2 is 1.79 bits per heavy atom. The van der Waals surface area contributed by atoms with E-state index in [4.69, 9.17) is 0 Å². The Labute approximate surface area is 224 Å². The number of carbonyl (C=O) groups is 1. The number of aromatic hydroxyl groups is 1. The first-order valence-corrected chi connectivity index (χ1v) is 11.0. The van der Waals surface area contributed by atoms with Crippen LogP contribution in [0.4, 0.5) is 13.2 Å². The molecule has 34 heavy (non-hydrogen) atoms. The fraction of sp³-hybridized carbons (Fsp3) is 0.154. The number of hydrogen-bond acceptors (Lipinski definition) is 4. The summed E-state index contributed by atoms with van der Waals surface area (Å²) in [4.78, 5) is 13.4. The Morgan fingerprint density at radius 1 is 1.12 bits per heavy atom. The Morgan fingerprint density at radius 3 is 2.38 bits per heavy atom. The molecule has 0 aliphatic carbocycles.